The van der Waals surface area contributed by atoms with Crippen molar-refractivity contribution in [1.82, 2.24) is 15.3 Å². The summed E-state index contributed by atoms with van der Waals surface area (Å²) in [4.78, 5) is 9.71. The van der Waals surface area contributed by atoms with Gasteiger partial charge in [0.05, 0.1) is 17.9 Å². The molecule has 4 N–H and O–H groups in total. The molecule has 6 nitrogen and oxygen atoms in total. The van der Waals surface area contributed by atoms with Crippen LogP contribution in [0.25, 0.3) is 31.6 Å². The van der Waals surface area contributed by atoms with Crippen LogP contribution in [0.15, 0.2) is 67.0 Å². The van der Waals surface area contributed by atoms with Crippen molar-refractivity contribution in [3.05, 3.63) is 78.1 Å². The fourth-order valence-electron chi connectivity index (χ4n) is 3.72. The van der Waals surface area contributed by atoms with E-state index in [0.717, 1.165) is 55.0 Å². The van der Waals surface area contributed by atoms with Gasteiger partial charge in [-0.15, -0.1) is 11.3 Å². The number of nitrogens with one attached hydrogen (secondary N) is 3. The Labute approximate surface area is 189 Å². The summed E-state index contributed by atoms with van der Waals surface area (Å²) in [6.07, 6.45) is 3.55. The first-order chi connectivity index (χ1) is 15.7. The predicted molar refractivity (Wildman–Crippen MR) is 130 cm³/mol. The van der Waals surface area contributed by atoms with E-state index in [9.17, 15) is 5.26 Å². The fourth-order valence-corrected chi connectivity index (χ4v) is 4.74. The number of nitrogens with zero attached hydrogens (tertiary/aromatic N) is 2. The first-order valence-corrected chi connectivity index (χ1v) is 11.1. The second-order valence-electron chi connectivity index (χ2n) is 7.49. The van der Waals surface area contributed by atoms with Gasteiger partial charge in [0.25, 0.3) is 0 Å². The molecule has 7 heteroatoms. The summed E-state index contributed by atoms with van der Waals surface area (Å²) in [5.74, 6) is 0. The number of H-pyrrole nitrogens is 1. The van der Waals surface area contributed by atoms with Crippen molar-refractivity contribution < 1.29 is 5.11 Å². The molecule has 158 valence electrons. The van der Waals surface area contributed by atoms with Crippen molar-refractivity contribution in [3.8, 4) is 16.5 Å². The molecule has 2 aromatic carbocycles. The van der Waals surface area contributed by atoms with Crippen LogP contribution >= 0.6 is 11.3 Å². The lowest BCUT2D eigenvalue weighted by atomic mass is 10.1. The number of hydrogen-bond acceptors (Lipinski definition) is 6. The third kappa shape index (κ3) is 3.95. The van der Waals surface area contributed by atoms with Gasteiger partial charge in [-0.05, 0) is 41.5 Å². The molecule has 0 aliphatic heterocycles. The Morgan fingerprint density at radius 3 is 2.78 bits per heavy atom. The normalized spacial score (nSPS) is 11.1. The minimum Gasteiger partial charge on any atom is -0.395 e. The van der Waals surface area contributed by atoms with Gasteiger partial charge in [-0.25, -0.2) is 4.98 Å². The van der Waals surface area contributed by atoms with Crippen molar-refractivity contribution in [2.24, 2.45) is 0 Å². The largest absolute Gasteiger partial charge is 0.395 e. The van der Waals surface area contributed by atoms with Crippen LogP contribution in [0.4, 0.5) is 11.4 Å². The summed E-state index contributed by atoms with van der Waals surface area (Å²) in [6, 6.07) is 20.9. The molecule has 3 heterocycles. The van der Waals surface area contributed by atoms with Gasteiger partial charge in [0.1, 0.15) is 10.9 Å². The molecule has 0 spiro atoms. The highest BCUT2D eigenvalue weighted by Crippen LogP contribution is 2.38. The second-order valence-corrected chi connectivity index (χ2v) is 8.52. The highest BCUT2D eigenvalue weighted by Gasteiger charge is 2.14. The Morgan fingerprint density at radius 1 is 1.09 bits per heavy atom. The third-order valence-corrected chi connectivity index (χ3v) is 6.45. The summed E-state index contributed by atoms with van der Waals surface area (Å²) in [5.41, 5.74) is 5.56. The number of benzene rings is 2. The maximum atomic E-state index is 9.68. The SMILES string of the molecule is N#Cc1cnc2sc(-c3ccc(CNCCO)cc3)cc2c1Nc1ccc2[nH]ccc2c1. The number of thiophene rings is 1. The lowest BCUT2D eigenvalue weighted by Gasteiger charge is -2.09. The average Bonchev–Trinajstić information content (AvgIpc) is 3.47. The topological polar surface area (TPSA) is 96.8 Å². The van der Waals surface area contributed by atoms with E-state index in [0.29, 0.717) is 12.1 Å². The molecule has 0 radical (unpaired) electrons. The molecule has 0 atom stereocenters. The quantitative estimate of drug-likeness (QED) is 0.263. The van der Waals surface area contributed by atoms with Crippen LogP contribution in [-0.2, 0) is 6.54 Å². The molecule has 0 unspecified atom stereocenters. The minimum atomic E-state index is 0.132. The molecule has 0 saturated carbocycles. The van der Waals surface area contributed by atoms with Gasteiger partial charge in [-0.2, -0.15) is 5.26 Å². The first kappa shape index (κ1) is 20.2. The van der Waals surface area contributed by atoms with Gasteiger partial charge in [-0.3, -0.25) is 0 Å². The van der Waals surface area contributed by atoms with Gasteiger partial charge in [0.15, 0.2) is 0 Å². The Balaban J connectivity index is 1.49. The molecule has 3 aromatic heterocycles. The van der Waals surface area contributed by atoms with Crippen LogP contribution in [0.3, 0.4) is 0 Å². The number of aliphatic hydroxyl groups excluding tert-OH is 1. The molecule has 0 saturated heterocycles. The van der Waals surface area contributed by atoms with Crippen molar-refractivity contribution >= 4 is 43.8 Å². The van der Waals surface area contributed by atoms with E-state index < -0.39 is 0 Å². The zero-order valence-electron chi connectivity index (χ0n) is 17.2. The molecule has 5 rings (SSSR count). The molecular weight excluding hydrogens is 418 g/mol. The monoisotopic (exact) mass is 439 g/mol. The lowest BCUT2D eigenvalue weighted by molar-refractivity contribution is 0.292. The van der Waals surface area contributed by atoms with Crippen molar-refractivity contribution in [2.75, 3.05) is 18.5 Å². The maximum absolute atomic E-state index is 9.68. The Kier molecular flexibility index (Phi) is 5.57. The van der Waals surface area contributed by atoms with E-state index in [1.807, 2.05) is 24.4 Å². The maximum Gasteiger partial charge on any atom is 0.126 e. The molecule has 0 amide bonds. The van der Waals surface area contributed by atoms with Crippen molar-refractivity contribution in [1.29, 1.82) is 5.26 Å². The molecule has 32 heavy (non-hydrogen) atoms. The van der Waals surface area contributed by atoms with Gasteiger partial charge in [0, 0.05) is 52.3 Å². The Morgan fingerprint density at radius 2 is 1.97 bits per heavy atom. The smallest absolute Gasteiger partial charge is 0.126 e. The van der Waals surface area contributed by atoms with Crippen LogP contribution < -0.4 is 10.6 Å². The van der Waals surface area contributed by atoms with Crippen LogP contribution in [0.2, 0.25) is 0 Å². The summed E-state index contributed by atoms with van der Waals surface area (Å²) in [6.45, 7) is 1.44. The summed E-state index contributed by atoms with van der Waals surface area (Å²) in [5, 5.41) is 27.3. The number of anilines is 2. The van der Waals surface area contributed by atoms with E-state index in [4.69, 9.17) is 5.11 Å². The number of aliphatic hydroxyl groups is 1. The Hall–Kier alpha value is -3.70. The zero-order chi connectivity index (χ0) is 21.9. The van der Waals surface area contributed by atoms with E-state index in [-0.39, 0.29) is 6.61 Å². The van der Waals surface area contributed by atoms with E-state index in [1.165, 1.54) is 0 Å². The van der Waals surface area contributed by atoms with Crippen LogP contribution in [-0.4, -0.2) is 28.2 Å². The van der Waals surface area contributed by atoms with Crippen LogP contribution in [0.1, 0.15) is 11.1 Å². The Bertz CT molecular complexity index is 1430. The zero-order valence-corrected chi connectivity index (χ0v) is 18.0. The van der Waals surface area contributed by atoms with Gasteiger partial charge < -0.3 is 20.7 Å². The predicted octanol–water partition coefficient (Wildman–Crippen LogP) is 5.14. The number of fused-ring (bicyclic) bond motifs is 2. The van der Waals surface area contributed by atoms with Crippen LogP contribution in [0, 0.1) is 11.3 Å². The van der Waals surface area contributed by atoms with E-state index in [2.05, 4.69) is 63.1 Å². The summed E-state index contributed by atoms with van der Waals surface area (Å²) >= 11 is 1.61. The molecule has 5 aromatic rings. The minimum absolute atomic E-state index is 0.132. The number of pyridine rings is 1. The highest BCUT2D eigenvalue weighted by molar-refractivity contribution is 7.21. The third-order valence-electron chi connectivity index (χ3n) is 5.36. The van der Waals surface area contributed by atoms with Gasteiger partial charge >= 0.3 is 0 Å². The average molecular weight is 440 g/mol. The van der Waals surface area contributed by atoms with E-state index >= 15 is 0 Å². The lowest BCUT2D eigenvalue weighted by Crippen LogP contribution is -2.17. The molecule has 0 aliphatic carbocycles. The van der Waals surface area contributed by atoms with Crippen molar-refractivity contribution in [2.45, 2.75) is 6.54 Å². The van der Waals surface area contributed by atoms with Gasteiger partial charge in [0.2, 0.25) is 0 Å². The van der Waals surface area contributed by atoms with Crippen LogP contribution in [0.5, 0.6) is 0 Å². The molecule has 0 aliphatic rings. The van der Waals surface area contributed by atoms with E-state index in [1.54, 1.807) is 17.5 Å². The summed E-state index contributed by atoms with van der Waals surface area (Å²) in [7, 11) is 0. The number of rotatable bonds is 7. The first-order valence-electron chi connectivity index (χ1n) is 10.3. The number of hydrogen-bond donors (Lipinski definition) is 4. The second kappa shape index (κ2) is 8.81. The number of nitriles is 1. The fraction of sp³-hybridized carbons (Fsp3) is 0.120. The number of aromatic amines is 1. The standard InChI is InChI=1S/C25H21N5OS/c26-13-19-15-29-25-21(24(19)30-20-5-6-22-18(11-20)7-8-28-22)12-23(32-25)17-3-1-16(2-4-17)14-27-9-10-31/h1-8,11-12,15,27-28,31H,9-10,14H2,(H,29,30). The molecule has 0 bridgehead atoms. The van der Waals surface area contributed by atoms with Gasteiger partial charge in [-0.1, -0.05) is 24.3 Å². The molecular formula is C25H21N5OS. The number of aromatic nitrogens is 2. The van der Waals surface area contributed by atoms with Crippen molar-refractivity contribution in [3.63, 3.8) is 0 Å². The summed E-state index contributed by atoms with van der Waals surface area (Å²) < 4.78 is 0. The highest BCUT2D eigenvalue weighted by atomic mass is 32.1. The molecule has 0 fully saturated rings.